The van der Waals surface area contributed by atoms with Gasteiger partial charge in [-0.05, 0) is 57.0 Å². The van der Waals surface area contributed by atoms with Crippen LogP contribution in [0.1, 0.15) is 5.56 Å². The van der Waals surface area contributed by atoms with Crippen molar-refractivity contribution in [2.45, 2.75) is 44.6 Å². The van der Waals surface area contributed by atoms with E-state index in [9.17, 15) is 0 Å². The van der Waals surface area contributed by atoms with Crippen LogP contribution in [-0.4, -0.2) is 16.6 Å². The maximum atomic E-state index is 6.17. The van der Waals surface area contributed by atoms with Crippen LogP contribution in [0.3, 0.4) is 0 Å². The molecule has 1 aromatic carbocycles. The van der Waals surface area contributed by atoms with Crippen LogP contribution in [0.5, 0.6) is 11.5 Å². The summed E-state index contributed by atoms with van der Waals surface area (Å²) in [5.74, 6) is 1.73. The molecule has 0 saturated carbocycles. The van der Waals surface area contributed by atoms with Gasteiger partial charge in [0.15, 0.2) is 0 Å². The van der Waals surface area contributed by atoms with Gasteiger partial charge in [-0.15, -0.1) is 0 Å². The largest absolute Gasteiger partial charge is 0.542 e. The lowest BCUT2D eigenvalue weighted by Gasteiger charge is -2.26. The fourth-order valence-corrected chi connectivity index (χ4v) is 4.44. The topological polar surface area (TPSA) is 18.5 Å². The van der Waals surface area contributed by atoms with E-state index in [-0.39, 0.29) is 0 Å². The van der Waals surface area contributed by atoms with E-state index < -0.39 is 16.6 Å². The molecule has 0 amide bonds. The summed E-state index contributed by atoms with van der Waals surface area (Å²) in [6.45, 7) is 13.1. The number of alkyl halides is 1. The van der Waals surface area contributed by atoms with E-state index in [4.69, 9.17) is 8.85 Å². The monoisotopic (exact) mass is 424 g/mol. The average molecular weight is 426 g/mol. The minimum absolute atomic E-state index is 0.795. The summed E-state index contributed by atoms with van der Waals surface area (Å²) < 4.78 is 13.4. The molecule has 0 spiro atoms. The SMILES string of the molecule is C[Si](C)(C)Oc1cc(Br)c(CBr)cc1O[Si](C)(C)C. The van der Waals surface area contributed by atoms with Crippen LogP contribution >= 0.6 is 31.9 Å². The Labute approximate surface area is 135 Å². The quantitative estimate of drug-likeness (QED) is 0.440. The fraction of sp³-hybridized carbons (Fsp3) is 0.538. The molecular weight excluding hydrogens is 404 g/mol. The van der Waals surface area contributed by atoms with E-state index >= 15 is 0 Å². The van der Waals surface area contributed by atoms with Crippen LogP contribution < -0.4 is 8.85 Å². The lowest BCUT2D eigenvalue weighted by Crippen LogP contribution is -2.32. The van der Waals surface area contributed by atoms with Crippen LogP contribution in [0.4, 0.5) is 0 Å². The van der Waals surface area contributed by atoms with Crippen LogP contribution in [-0.2, 0) is 5.33 Å². The third kappa shape index (κ3) is 6.02. The smallest absolute Gasteiger partial charge is 0.242 e. The molecule has 2 nitrogen and oxygen atoms in total. The van der Waals surface area contributed by atoms with Gasteiger partial charge in [0.1, 0.15) is 11.5 Å². The van der Waals surface area contributed by atoms with E-state index in [0.29, 0.717) is 0 Å². The Hall–Kier alpha value is 0.214. The molecule has 0 N–H and O–H groups in total. The molecule has 0 unspecified atom stereocenters. The molecular formula is C13H22Br2O2Si2. The van der Waals surface area contributed by atoms with Crippen LogP contribution in [0.15, 0.2) is 16.6 Å². The standard InChI is InChI=1S/C13H22Br2O2Si2/c1-18(2,3)16-12-7-10(9-14)11(15)8-13(12)17-19(4,5)6/h7-8H,9H2,1-6H3. The van der Waals surface area contributed by atoms with Crippen molar-refractivity contribution in [1.82, 2.24) is 0 Å². The first-order chi connectivity index (χ1) is 8.52. The molecule has 0 aliphatic heterocycles. The number of hydrogen-bond acceptors (Lipinski definition) is 2. The number of rotatable bonds is 5. The zero-order valence-electron chi connectivity index (χ0n) is 12.4. The number of benzene rings is 1. The first-order valence-electron chi connectivity index (χ1n) is 6.28. The third-order valence-corrected chi connectivity index (χ3v) is 5.10. The molecule has 1 aromatic rings. The Morgan fingerprint density at radius 2 is 1.32 bits per heavy atom. The Kier molecular flexibility index (Phi) is 5.75. The van der Waals surface area contributed by atoms with E-state index in [0.717, 1.165) is 21.3 Å². The van der Waals surface area contributed by atoms with Crippen molar-refractivity contribution in [3.63, 3.8) is 0 Å². The maximum Gasteiger partial charge on any atom is 0.242 e. The van der Waals surface area contributed by atoms with E-state index in [1.807, 2.05) is 6.07 Å². The predicted octanol–water partition coefficient (Wildman–Crippen LogP) is 5.77. The van der Waals surface area contributed by atoms with Gasteiger partial charge in [0, 0.05) is 9.80 Å². The van der Waals surface area contributed by atoms with Crippen LogP contribution in [0, 0.1) is 0 Å². The Morgan fingerprint density at radius 3 is 1.68 bits per heavy atom. The average Bonchev–Trinajstić information content (AvgIpc) is 2.17. The molecule has 0 saturated heterocycles. The molecule has 1 rings (SSSR count). The molecule has 0 aliphatic carbocycles. The molecule has 108 valence electrons. The summed E-state index contributed by atoms with van der Waals surface area (Å²) in [6.07, 6.45) is 0. The Morgan fingerprint density at radius 1 is 0.895 bits per heavy atom. The van der Waals surface area contributed by atoms with Crippen molar-refractivity contribution in [2.24, 2.45) is 0 Å². The second-order valence-corrected chi connectivity index (χ2v) is 16.7. The highest BCUT2D eigenvalue weighted by Crippen LogP contribution is 2.37. The number of hydrogen-bond donors (Lipinski definition) is 0. The molecule has 0 aliphatic rings. The van der Waals surface area contributed by atoms with Gasteiger partial charge in [-0.25, -0.2) is 0 Å². The highest BCUT2D eigenvalue weighted by Gasteiger charge is 2.23. The Balaban J connectivity index is 3.22. The minimum atomic E-state index is -1.65. The molecule has 6 heteroatoms. The van der Waals surface area contributed by atoms with Crippen molar-refractivity contribution >= 4 is 48.5 Å². The summed E-state index contributed by atoms with van der Waals surface area (Å²) in [7, 11) is -3.31. The highest BCUT2D eigenvalue weighted by molar-refractivity contribution is 9.10. The fourth-order valence-electron chi connectivity index (χ4n) is 1.50. The summed E-state index contributed by atoms with van der Waals surface area (Å²) in [6, 6.07) is 4.11. The molecule has 0 radical (unpaired) electrons. The van der Waals surface area contributed by atoms with Gasteiger partial charge in [0.25, 0.3) is 0 Å². The van der Waals surface area contributed by atoms with Gasteiger partial charge in [-0.3, -0.25) is 0 Å². The van der Waals surface area contributed by atoms with Gasteiger partial charge in [0.05, 0.1) is 0 Å². The maximum absolute atomic E-state index is 6.17. The zero-order valence-corrected chi connectivity index (χ0v) is 17.6. The van der Waals surface area contributed by atoms with Crippen molar-refractivity contribution in [3.8, 4) is 11.5 Å². The normalized spacial score (nSPS) is 12.4. The zero-order chi connectivity index (χ0) is 14.8. The minimum Gasteiger partial charge on any atom is -0.542 e. The molecule has 0 bridgehead atoms. The van der Waals surface area contributed by atoms with E-state index in [1.165, 1.54) is 5.56 Å². The van der Waals surface area contributed by atoms with Crippen LogP contribution in [0.2, 0.25) is 39.3 Å². The first-order valence-corrected chi connectivity index (χ1v) is 15.0. The Bertz CT molecular complexity index is 451. The first kappa shape index (κ1) is 17.3. The van der Waals surface area contributed by atoms with Gasteiger partial charge >= 0.3 is 0 Å². The van der Waals surface area contributed by atoms with Gasteiger partial charge in [0.2, 0.25) is 16.6 Å². The summed E-state index contributed by atoms with van der Waals surface area (Å²) in [5, 5.41) is 0.795. The molecule has 0 atom stereocenters. The third-order valence-electron chi connectivity index (χ3n) is 2.09. The molecule has 0 fully saturated rings. The van der Waals surface area contributed by atoms with Gasteiger partial charge in [-0.2, -0.15) is 0 Å². The van der Waals surface area contributed by atoms with E-state index in [1.54, 1.807) is 0 Å². The molecule has 0 aromatic heterocycles. The second kappa shape index (κ2) is 6.32. The van der Waals surface area contributed by atoms with Gasteiger partial charge in [-0.1, -0.05) is 31.9 Å². The predicted molar refractivity (Wildman–Crippen MR) is 94.7 cm³/mol. The highest BCUT2D eigenvalue weighted by atomic mass is 79.9. The van der Waals surface area contributed by atoms with Crippen molar-refractivity contribution in [2.75, 3.05) is 0 Å². The second-order valence-electron chi connectivity index (χ2n) is 6.45. The van der Waals surface area contributed by atoms with Crippen molar-refractivity contribution in [1.29, 1.82) is 0 Å². The van der Waals surface area contributed by atoms with Crippen molar-refractivity contribution in [3.05, 3.63) is 22.2 Å². The number of halogens is 2. The van der Waals surface area contributed by atoms with Crippen molar-refractivity contribution < 1.29 is 8.85 Å². The summed E-state index contributed by atoms with van der Waals surface area (Å²) in [4.78, 5) is 0. The lowest BCUT2D eigenvalue weighted by atomic mass is 10.2. The van der Waals surface area contributed by atoms with E-state index in [2.05, 4.69) is 77.2 Å². The summed E-state index contributed by atoms with van der Waals surface area (Å²) >= 11 is 7.09. The lowest BCUT2D eigenvalue weighted by molar-refractivity contribution is 0.488. The van der Waals surface area contributed by atoms with Gasteiger partial charge < -0.3 is 8.85 Å². The molecule has 0 heterocycles. The summed E-state index contributed by atoms with van der Waals surface area (Å²) in [5.41, 5.74) is 1.18. The van der Waals surface area contributed by atoms with Crippen LogP contribution in [0.25, 0.3) is 0 Å². The molecule has 19 heavy (non-hydrogen) atoms.